The number of nitrogens with zero attached hydrogens (tertiary/aromatic N) is 2. The summed E-state index contributed by atoms with van der Waals surface area (Å²) in [6.07, 6.45) is 0.908. The summed E-state index contributed by atoms with van der Waals surface area (Å²) in [4.78, 5) is 7.08. The highest BCUT2D eigenvalue weighted by Gasteiger charge is 2.09. The van der Waals surface area contributed by atoms with Crippen LogP contribution in [-0.2, 0) is 0 Å². The van der Waals surface area contributed by atoms with Gasteiger partial charge in [0, 0.05) is 0 Å². The van der Waals surface area contributed by atoms with Crippen LogP contribution in [0.2, 0.25) is 10.3 Å². The Bertz CT molecular complexity index is 514. The van der Waals surface area contributed by atoms with Crippen molar-refractivity contribution in [3.05, 3.63) is 46.3 Å². The molecule has 0 radical (unpaired) electrons. The molecule has 3 nitrogen and oxygen atoms in total. The molecule has 0 aliphatic rings. The molecule has 1 N–H and O–H groups in total. The van der Waals surface area contributed by atoms with E-state index in [1.54, 1.807) is 0 Å². The molecular weight excluding hydrogens is 271 g/mol. The minimum Gasteiger partial charge on any atom is -0.336 e. The Labute approximate surface area is 105 Å². The minimum absolute atomic E-state index is 0.124. The molecule has 0 bridgehead atoms. The first-order chi connectivity index (χ1) is 8.06. The van der Waals surface area contributed by atoms with Crippen LogP contribution in [0.15, 0.2) is 24.4 Å². The van der Waals surface area contributed by atoms with E-state index >= 15 is 0 Å². The van der Waals surface area contributed by atoms with E-state index in [9.17, 15) is 8.78 Å². The third kappa shape index (κ3) is 2.81. The summed E-state index contributed by atoms with van der Waals surface area (Å²) in [6, 6.07) is 3.66. The van der Waals surface area contributed by atoms with Gasteiger partial charge in [-0.05, 0) is 29.8 Å². The van der Waals surface area contributed by atoms with Gasteiger partial charge in [-0.3, -0.25) is 0 Å². The highest BCUT2D eigenvalue weighted by molar-refractivity contribution is 6.33. The second-order valence-corrected chi connectivity index (χ2v) is 3.83. The van der Waals surface area contributed by atoms with Crippen LogP contribution in [0.5, 0.6) is 0 Å². The van der Waals surface area contributed by atoms with Crippen LogP contribution in [0, 0.1) is 11.6 Å². The number of halogens is 4. The number of hydrogen-bond acceptors (Lipinski definition) is 3. The second kappa shape index (κ2) is 4.81. The first kappa shape index (κ1) is 12.0. The molecule has 1 heterocycles. The van der Waals surface area contributed by atoms with Crippen LogP contribution >= 0.6 is 23.2 Å². The zero-order valence-corrected chi connectivity index (χ0v) is 9.73. The van der Waals surface area contributed by atoms with Gasteiger partial charge in [-0.15, -0.1) is 0 Å². The van der Waals surface area contributed by atoms with Crippen LogP contribution in [0.3, 0.4) is 0 Å². The lowest BCUT2D eigenvalue weighted by molar-refractivity contribution is 0.618. The first-order valence-electron chi connectivity index (χ1n) is 4.46. The third-order valence-electron chi connectivity index (χ3n) is 1.90. The van der Waals surface area contributed by atoms with Gasteiger partial charge >= 0.3 is 0 Å². The van der Waals surface area contributed by atoms with Crippen molar-refractivity contribution in [3.8, 4) is 0 Å². The summed E-state index contributed by atoms with van der Waals surface area (Å²) < 4.78 is 26.3. The van der Waals surface area contributed by atoms with Gasteiger partial charge in [0.2, 0.25) is 5.28 Å². The van der Waals surface area contributed by atoms with E-state index in [0.29, 0.717) is 0 Å². The van der Waals surface area contributed by atoms with Crippen molar-refractivity contribution in [2.24, 2.45) is 0 Å². The van der Waals surface area contributed by atoms with Crippen LogP contribution in [0.25, 0.3) is 0 Å². The molecule has 0 fully saturated rings. The van der Waals surface area contributed by atoms with E-state index in [2.05, 4.69) is 15.3 Å². The van der Waals surface area contributed by atoms with Crippen LogP contribution in [0.4, 0.5) is 20.3 Å². The van der Waals surface area contributed by atoms with Crippen LogP contribution < -0.4 is 5.32 Å². The maximum Gasteiger partial charge on any atom is 0.224 e. The topological polar surface area (TPSA) is 37.8 Å². The van der Waals surface area contributed by atoms with Gasteiger partial charge in [0.15, 0.2) is 11.6 Å². The van der Waals surface area contributed by atoms with E-state index in [-0.39, 0.29) is 21.8 Å². The van der Waals surface area contributed by atoms with Crippen molar-refractivity contribution >= 4 is 34.7 Å². The Balaban J connectivity index is 2.37. The quantitative estimate of drug-likeness (QED) is 0.847. The fourth-order valence-corrected chi connectivity index (χ4v) is 1.45. The van der Waals surface area contributed by atoms with Gasteiger partial charge in [-0.2, -0.15) is 4.98 Å². The lowest BCUT2D eigenvalue weighted by Gasteiger charge is -2.08. The van der Waals surface area contributed by atoms with Crippen LogP contribution in [-0.4, -0.2) is 9.97 Å². The predicted octanol–water partition coefficient (Wildman–Crippen LogP) is 3.81. The Morgan fingerprint density at radius 2 is 1.94 bits per heavy atom. The predicted molar refractivity (Wildman–Crippen MR) is 61.7 cm³/mol. The molecule has 17 heavy (non-hydrogen) atoms. The molecule has 0 spiro atoms. The lowest BCUT2D eigenvalue weighted by Crippen LogP contribution is -1.99. The van der Waals surface area contributed by atoms with E-state index in [1.807, 2.05) is 0 Å². The van der Waals surface area contributed by atoms with Crippen molar-refractivity contribution in [2.45, 2.75) is 0 Å². The molecule has 2 rings (SSSR count). The van der Waals surface area contributed by atoms with Gasteiger partial charge < -0.3 is 5.32 Å². The molecule has 0 atom stereocenters. The molecule has 2 aromatic rings. The Hall–Kier alpha value is -1.46. The number of benzene rings is 1. The summed E-state index contributed by atoms with van der Waals surface area (Å²) in [7, 11) is 0. The summed E-state index contributed by atoms with van der Waals surface area (Å²) in [5, 5.41) is 2.65. The molecule has 7 heteroatoms. The van der Waals surface area contributed by atoms with E-state index < -0.39 is 11.6 Å². The number of anilines is 2. The van der Waals surface area contributed by atoms with Gasteiger partial charge in [0.05, 0.1) is 16.9 Å². The maximum absolute atomic E-state index is 13.3. The summed E-state index contributed by atoms with van der Waals surface area (Å²) in [6.45, 7) is 0. The molecule has 1 aromatic heterocycles. The Kier molecular flexibility index (Phi) is 3.40. The minimum atomic E-state index is -0.713. The molecule has 0 saturated heterocycles. The summed E-state index contributed by atoms with van der Waals surface area (Å²) >= 11 is 11.3. The zero-order valence-electron chi connectivity index (χ0n) is 8.22. The zero-order chi connectivity index (χ0) is 12.4. The SMILES string of the molecule is Fc1ccc(Cl)c(Nc2nc(Cl)ncc2F)c1. The molecule has 0 unspecified atom stereocenters. The number of aromatic nitrogens is 2. The van der Waals surface area contributed by atoms with Crippen LogP contribution in [0.1, 0.15) is 0 Å². The van der Waals surface area contributed by atoms with Gasteiger partial charge in [-0.25, -0.2) is 13.8 Å². The standard InChI is InChI=1S/C10H5Cl2F2N3/c11-6-2-1-5(13)3-8(6)16-9-7(14)4-15-10(12)17-9/h1-4H,(H,15,16,17). The summed E-state index contributed by atoms with van der Waals surface area (Å²) in [5.41, 5.74) is 0.195. The number of hydrogen-bond donors (Lipinski definition) is 1. The fourth-order valence-electron chi connectivity index (χ4n) is 1.15. The number of nitrogens with one attached hydrogen (secondary N) is 1. The third-order valence-corrected chi connectivity index (χ3v) is 2.41. The van der Waals surface area contributed by atoms with Crippen molar-refractivity contribution in [1.82, 2.24) is 9.97 Å². The molecule has 0 aliphatic heterocycles. The van der Waals surface area contributed by atoms with E-state index in [4.69, 9.17) is 23.2 Å². The van der Waals surface area contributed by atoms with Crippen molar-refractivity contribution in [2.75, 3.05) is 5.32 Å². The average molecular weight is 276 g/mol. The van der Waals surface area contributed by atoms with Gasteiger partial charge in [-0.1, -0.05) is 11.6 Å². The van der Waals surface area contributed by atoms with Crippen molar-refractivity contribution < 1.29 is 8.78 Å². The van der Waals surface area contributed by atoms with Crippen molar-refractivity contribution in [3.63, 3.8) is 0 Å². The Morgan fingerprint density at radius 1 is 1.18 bits per heavy atom. The lowest BCUT2D eigenvalue weighted by atomic mass is 10.3. The smallest absolute Gasteiger partial charge is 0.224 e. The molecule has 1 aromatic carbocycles. The van der Waals surface area contributed by atoms with E-state index in [0.717, 1.165) is 12.3 Å². The highest BCUT2D eigenvalue weighted by Crippen LogP contribution is 2.26. The normalized spacial score (nSPS) is 10.4. The molecular formula is C10H5Cl2F2N3. The first-order valence-corrected chi connectivity index (χ1v) is 5.22. The Morgan fingerprint density at radius 3 is 2.71 bits per heavy atom. The molecule has 0 saturated carbocycles. The maximum atomic E-state index is 13.3. The van der Waals surface area contributed by atoms with Crippen molar-refractivity contribution in [1.29, 1.82) is 0 Å². The largest absolute Gasteiger partial charge is 0.336 e. The summed E-state index contributed by atoms with van der Waals surface area (Å²) in [5.74, 6) is -1.38. The van der Waals surface area contributed by atoms with Gasteiger partial charge in [0.25, 0.3) is 0 Å². The average Bonchev–Trinajstić information content (AvgIpc) is 2.28. The fraction of sp³-hybridized carbons (Fsp3) is 0. The molecule has 0 amide bonds. The van der Waals surface area contributed by atoms with Gasteiger partial charge in [0.1, 0.15) is 5.82 Å². The molecule has 0 aliphatic carbocycles. The number of rotatable bonds is 2. The van der Waals surface area contributed by atoms with E-state index in [1.165, 1.54) is 12.1 Å². The monoisotopic (exact) mass is 275 g/mol. The molecule has 88 valence electrons. The second-order valence-electron chi connectivity index (χ2n) is 3.08. The highest BCUT2D eigenvalue weighted by atomic mass is 35.5.